The largest absolute Gasteiger partial charge is 0.418 e. The van der Waals surface area contributed by atoms with Gasteiger partial charge >= 0.3 is 6.18 Å². The molecule has 286 valence electrons. The first kappa shape index (κ1) is 40.7. The zero-order chi connectivity index (χ0) is 39.9. The summed E-state index contributed by atoms with van der Waals surface area (Å²) in [5.41, 5.74) is -1.21. The molecule has 2 N–H and O–H groups in total. The predicted molar refractivity (Wildman–Crippen MR) is 200 cm³/mol. The summed E-state index contributed by atoms with van der Waals surface area (Å²) in [6.07, 6.45) is -2.09. The maximum Gasteiger partial charge on any atom is 0.418 e. The van der Waals surface area contributed by atoms with Crippen LogP contribution in [0.2, 0.25) is 5.02 Å². The molecule has 1 aromatic heterocycles. The smallest absolute Gasteiger partial charge is 0.352 e. The normalized spacial score (nSPS) is 11.6. The van der Waals surface area contributed by atoms with E-state index in [1.165, 1.54) is 48.5 Å². The van der Waals surface area contributed by atoms with Gasteiger partial charge in [0.25, 0.3) is 21.8 Å². The van der Waals surface area contributed by atoms with Crippen LogP contribution in [0.4, 0.5) is 17.6 Å². The number of carbonyl (C=O) groups excluding carboxylic acids is 2. The van der Waals surface area contributed by atoms with Crippen LogP contribution in [-0.4, -0.2) is 36.6 Å². The Labute approximate surface area is 321 Å². The van der Waals surface area contributed by atoms with Crippen molar-refractivity contribution in [3.8, 4) is 22.9 Å². The van der Waals surface area contributed by atoms with E-state index in [-0.39, 0.29) is 61.8 Å². The van der Waals surface area contributed by atoms with Crippen LogP contribution < -0.4 is 10.0 Å². The molecule has 5 rings (SSSR count). The van der Waals surface area contributed by atoms with E-state index in [0.717, 1.165) is 35.4 Å². The van der Waals surface area contributed by atoms with Gasteiger partial charge in [-0.15, -0.1) is 0 Å². The molecular formula is C40H36ClF4N5O4S. The van der Waals surface area contributed by atoms with Crippen LogP contribution in [0.3, 0.4) is 0 Å². The summed E-state index contributed by atoms with van der Waals surface area (Å²) in [7, 11) is -4.48. The van der Waals surface area contributed by atoms with Gasteiger partial charge in [-0.1, -0.05) is 80.8 Å². The van der Waals surface area contributed by atoms with Crippen molar-refractivity contribution in [2.75, 3.05) is 6.54 Å². The summed E-state index contributed by atoms with van der Waals surface area (Å²) < 4.78 is 88.8. The number of nitrogens with zero attached hydrogens (tertiary/aromatic N) is 3. The highest BCUT2D eigenvalue weighted by Gasteiger charge is 2.36. The highest BCUT2D eigenvalue weighted by molar-refractivity contribution is 7.90. The molecule has 0 unspecified atom stereocenters. The number of aryl methyl sites for hydroxylation is 1. The quantitative estimate of drug-likeness (QED) is 0.0853. The van der Waals surface area contributed by atoms with Crippen molar-refractivity contribution in [3.63, 3.8) is 0 Å². The van der Waals surface area contributed by atoms with Crippen LogP contribution in [0.15, 0.2) is 89.8 Å². The molecule has 0 aliphatic rings. The second-order valence-corrected chi connectivity index (χ2v) is 14.7. The maximum atomic E-state index is 16.0. The number of alkyl halides is 3. The van der Waals surface area contributed by atoms with Crippen molar-refractivity contribution in [1.82, 2.24) is 19.8 Å². The van der Waals surface area contributed by atoms with Gasteiger partial charge in [0.05, 0.1) is 32.4 Å². The van der Waals surface area contributed by atoms with E-state index >= 15 is 4.39 Å². The molecule has 9 nitrogen and oxygen atoms in total. The Morgan fingerprint density at radius 3 is 2.31 bits per heavy atom. The lowest BCUT2D eigenvalue weighted by Gasteiger charge is -2.15. The van der Waals surface area contributed by atoms with Crippen molar-refractivity contribution in [2.24, 2.45) is 0 Å². The van der Waals surface area contributed by atoms with Gasteiger partial charge in [-0.05, 0) is 72.9 Å². The molecule has 0 aliphatic carbocycles. The van der Waals surface area contributed by atoms with E-state index in [4.69, 9.17) is 11.6 Å². The SMILES string of the molecule is CCCCNC(=O)c1ccc(C(F)(F)F)c(-n2nc(CCCC)c(Cc3ccc(-c4ccccc4S(=O)(=O)NC(=O)c4ccccc4Cl)cc3F)c2C#N)c1. The molecule has 0 saturated carbocycles. The fraction of sp³-hybridized carbons (Fsp3) is 0.250. The average molecular weight is 794 g/mol. The first-order chi connectivity index (χ1) is 26.2. The molecule has 0 bridgehead atoms. The molecule has 55 heavy (non-hydrogen) atoms. The van der Waals surface area contributed by atoms with Crippen LogP contribution in [0, 0.1) is 17.1 Å². The topological polar surface area (TPSA) is 134 Å². The third-order valence-corrected chi connectivity index (χ3v) is 10.5. The maximum absolute atomic E-state index is 16.0. The number of nitrogens with one attached hydrogen (secondary N) is 2. The van der Waals surface area contributed by atoms with Gasteiger partial charge in [-0.2, -0.15) is 23.5 Å². The number of unbranched alkanes of at least 4 members (excludes halogenated alkanes) is 2. The van der Waals surface area contributed by atoms with E-state index in [2.05, 4.69) is 10.4 Å². The molecule has 0 radical (unpaired) electrons. The van der Waals surface area contributed by atoms with Crippen LogP contribution in [0.25, 0.3) is 16.8 Å². The van der Waals surface area contributed by atoms with Gasteiger partial charge in [0.1, 0.15) is 17.6 Å². The lowest BCUT2D eigenvalue weighted by Crippen LogP contribution is -2.31. The summed E-state index contributed by atoms with van der Waals surface area (Å²) in [4.78, 5) is 25.4. The Balaban J connectivity index is 1.54. The third-order valence-electron chi connectivity index (χ3n) is 8.80. The first-order valence-electron chi connectivity index (χ1n) is 17.4. The minimum absolute atomic E-state index is 0.0450. The molecule has 0 spiro atoms. The molecule has 0 atom stereocenters. The molecule has 0 saturated heterocycles. The zero-order valence-corrected chi connectivity index (χ0v) is 31.4. The third kappa shape index (κ3) is 9.24. The Morgan fingerprint density at radius 1 is 0.927 bits per heavy atom. The summed E-state index contributed by atoms with van der Waals surface area (Å²) in [6.45, 7) is 4.16. The fourth-order valence-electron chi connectivity index (χ4n) is 5.95. The van der Waals surface area contributed by atoms with Crippen LogP contribution in [0.1, 0.15) is 88.3 Å². The number of nitriles is 1. The van der Waals surface area contributed by atoms with Gasteiger partial charge in [-0.3, -0.25) is 9.59 Å². The number of halogens is 5. The zero-order valence-electron chi connectivity index (χ0n) is 29.8. The lowest BCUT2D eigenvalue weighted by atomic mass is 9.97. The molecule has 15 heteroatoms. The number of hydrogen-bond acceptors (Lipinski definition) is 6. The average Bonchev–Trinajstić information content (AvgIpc) is 3.50. The lowest BCUT2D eigenvalue weighted by molar-refractivity contribution is -0.137. The molecular weight excluding hydrogens is 758 g/mol. The Bertz CT molecular complexity index is 2390. The van der Waals surface area contributed by atoms with E-state index < -0.39 is 45.1 Å². The molecule has 0 aliphatic heterocycles. The van der Waals surface area contributed by atoms with Gasteiger partial charge in [0.2, 0.25) is 0 Å². The molecule has 5 aromatic rings. The standard InChI is InChI=1S/C40H36ClF4N5O4S/c1-3-5-14-34-30(36(24-46)50(48-34)35-23-27(38(51)47-20-6-4-2)18-19-31(35)40(43,44)45)21-26-17-16-25(22-33(26)42)28-11-8-10-15-37(28)55(53,54)49-39(52)29-12-7-9-13-32(29)41/h7-13,15-19,22-23H,3-6,14,20-21H2,1-2H3,(H,47,51)(H,49,52). The highest BCUT2D eigenvalue weighted by atomic mass is 35.5. The van der Waals surface area contributed by atoms with Crippen molar-refractivity contribution >= 4 is 33.4 Å². The Hall–Kier alpha value is -5.52. The number of amides is 2. The van der Waals surface area contributed by atoms with Crippen molar-refractivity contribution in [2.45, 2.75) is 63.4 Å². The van der Waals surface area contributed by atoms with Crippen LogP contribution >= 0.6 is 11.6 Å². The number of rotatable bonds is 14. The number of benzene rings is 4. The minimum Gasteiger partial charge on any atom is -0.352 e. The second kappa shape index (κ2) is 17.3. The number of hydrogen-bond donors (Lipinski definition) is 2. The van der Waals surface area contributed by atoms with E-state index in [9.17, 15) is 36.4 Å². The molecule has 0 fully saturated rings. The van der Waals surface area contributed by atoms with Gasteiger partial charge in [0, 0.05) is 29.7 Å². The van der Waals surface area contributed by atoms with E-state index in [1.54, 1.807) is 12.1 Å². The number of aromatic nitrogens is 2. The van der Waals surface area contributed by atoms with Crippen molar-refractivity contribution < 1.29 is 35.6 Å². The van der Waals surface area contributed by atoms with Crippen molar-refractivity contribution in [3.05, 3.63) is 135 Å². The summed E-state index contributed by atoms with van der Waals surface area (Å²) in [5.74, 6) is -2.33. The van der Waals surface area contributed by atoms with Crippen LogP contribution in [0.5, 0.6) is 0 Å². The molecule has 4 aromatic carbocycles. The van der Waals surface area contributed by atoms with Gasteiger partial charge in [0.15, 0.2) is 0 Å². The predicted octanol–water partition coefficient (Wildman–Crippen LogP) is 8.80. The highest BCUT2D eigenvalue weighted by Crippen LogP contribution is 2.36. The summed E-state index contributed by atoms with van der Waals surface area (Å²) in [6, 6.07) is 20.4. The van der Waals surface area contributed by atoms with E-state index in [0.29, 0.717) is 31.5 Å². The number of carbonyl (C=O) groups is 2. The first-order valence-corrected chi connectivity index (χ1v) is 19.3. The summed E-state index contributed by atoms with van der Waals surface area (Å²) in [5, 5.41) is 17.5. The second-order valence-electron chi connectivity index (χ2n) is 12.6. The van der Waals surface area contributed by atoms with Gasteiger partial charge < -0.3 is 5.32 Å². The van der Waals surface area contributed by atoms with Crippen LogP contribution in [-0.2, 0) is 29.0 Å². The van der Waals surface area contributed by atoms with Gasteiger partial charge in [-0.25, -0.2) is 22.2 Å². The fourth-order valence-corrected chi connectivity index (χ4v) is 7.37. The Morgan fingerprint density at radius 2 is 1.64 bits per heavy atom. The Kier molecular flexibility index (Phi) is 12.8. The molecule has 2 amide bonds. The van der Waals surface area contributed by atoms with Crippen molar-refractivity contribution in [1.29, 1.82) is 5.26 Å². The number of sulfonamides is 1. The monoisotopic (exact) mass is 793 g/mol. The summed E-state index contributed by atoms with van der Waals surface area (Å²) >= 11 is 6.08. The van der Waals surface area contributed by atoms with E-state index in [1.807, 2.05) is 24.6 Å². The minimum atomic E-state index is -4.86. The molecule has 1 heterocycles.